The maximum Gasteiger partial charge on any atom is 0.261 e. The fraction of sp³-hybridized carbons (Fsp3) is 0.300. The highest BCUT2D eigenvalue weighted by molar-refractivity contribution is 6.07. The summed E-state index contributed by atoms with van der Waals surface area (Å²) in [5.41, 5.74) is 1.60. The minimum absolute atomic E-state index is 0.0890. The van der Waals surface area contributed by atoms with E-state index in [4.69, 9.17) is 4.74 Å². The summed E-state index contributed by atoms with van der Waals surface area (Å²) in [6.45, 7) is 0. The number of ketones is 1. The van der Waals surface area contributed by atoms with Gasteiger partial charge in [-0.25, -0.2) is 0 Å². The molecule has 1 amide bonds. The third-order valence-electron chi connectivity index (χ3n) is 4.84. The van der Waals surface area contributed by atoms with Crippen molar-refractivity contribution >= 4 is 17.4 Å². The normalized spacial score (nSPS) is 25.6. The number of amides is 1. The molecule has 1 N–H and O–H groups in total. The number of carbonyl (C=O) groups excluding carboxylic acids is 2. The van der Waals surface area contributed by atoms with E-state index in [0.717, 1.165) is 24.1 Å². The summed E-state index contributed by atoms with van der Waals surface area (Å²) in [5, 5.41) is 2.86. The zero-order valence-electron chi connectivity index (χ0n) is 13.3. The number of rotatable bonds is 3. The largest absolute Gasteiger partial charge is 0.356 e. The second-order valence-corrected chi connectivity index (χ2v) is 6.51. The highest BCUT2D eigenvalue weighted by Crippen LogP contribution is 2.45. The van der Waals surface area contributed by atoms with Gasteiger partial charge < -0.3 is 10.1 Å². The van der Waals surface area contributed by atoms with Crippen molar-refractivity contribution in [3.05, 3.63) is 65.7 Å². The molecule has 1 saturated heterocycles. The van der Waals surface area contributed by atoms with Crippen LogP contribution in [0.5, 0.6) is 0 Å². The van der Waals surface area contributed by atoms with E-state index in [0.29, 0.717) is 6.42 Å². The molecule has 2 atom stereocenters. The van der Waals surface area contributed by atoms with E-state index < -0.39 is 5.60 Å². The second-order valence-electron chi connectivity index (χ2n) is 6.51. The maximum atomic E-state index is 12.6. The molecule has 2 aromatic carbocycles. The molecule has 0 saturated carbocycles. The second kappa shape index (κ2) is 5.87. The van der Waals surface area contributed by atoms with Crippen molar-refractivity contribution in [1.29, 1.82) is 0 Å². The first-order valence-electron chi connectivity index (χ1n) is 8.32. The first-order chi connectivity index (χ1) is 11.7. The Labute approximate surface area is 140 Å². The lowest BCUT2D eigenvalue weighted by Gasteiger charge is -2.36. The zero-order valence-corrected chi connectivity index (χ0v) is 13.3. The molecule has 4 nitrogen and oxygen atoms in total. The van der Waals surface area contributed by atoms with Crippen molar-refractivity contribution in [2.45, 2.75) is 37.4 Å². The molecule has 2 aliphatic heterocycles. The lowest BCUT2D eigenvalue weighted by atomic mass is 9.84. The molecule has 0 unspecified atom stereocenters. The number of hydrogen-bond acceptors (Lipinski definition) is 3. The summed E-state index contributed by atoms with van der Waals surface area (Å²) < 4.78 is 6.23. The Balaban J connectivity index is 1.57. The SMILES string of the molecule is O=C1C[C@H](CCc2ccccc2)O[C@@]2(C1)C(=O)Nc1ccccc12. The third kappa shape index (κ3) is 2.53. The lowest BCUT2D eigenvalue weighted by molar-refractivity contribution is -0.170. The van der Waals surface area contributed by atoms with Crippen molar-refractivity contribution in [2.75, 3.05) is 5.32 Å². The summed E-state index contributed by atoms with van der Waals surface area (Å²) in [5.74, 6) is -0.132. The molecule has 2 aliphatic rings. The summed E-state index contributed by atoms with van der Waals surface area (Å²) in [7, 11) is 0. The average molecular weight is 321 g/mol. The first-order valence-corrected chi connectivity index (χ1v) is 8.32. The van der Waals surface area contributed by atoms with Crippen LogP contribution in [0.1, 0.15) is 30.4 Å². The van der Waals surface area contributed by atoms with Crippen LogP contribution in [0.25, 0.3) is 0 Å². The van der Waals surface area contributed by atoms with Gasteiger partial charge in [0, 0.05) is 24.1 Å². The Morgan fingerprint density at radius 3 is 2.62 bits per heavy atom. The van der Waals surface area contributed by atoms with Crippen LogP contribution in [0, 0.1) is 0 Å². The lowest BCUT2D eigenvalue weighted by Crippen LogP contribution is -2.47. The monoisotopic (exact) mass is 321 g/mol. The summed E-state index contributed by atoms with van der Waals surface area (Å²) in [6, 6.07) is 17.6. The van der Waals surface area contributed by atoms with Crippen LogP contribution in [0.15, 0.2) is 54.6 Å². The molecule has 0 aromatic heterocycles. The van der Waals surface area contributed by atoms with Crippen molar-refractivity contribution in [2.24, 2.45) is 0 Å². The molecule has 0 radical (unpaired) electrons. The molecule has 0 aliphatic carbocycles. The predicted molar refractivity (Wildman–Crippen MR) is 90.6 cm³/mol. The Morgan fingerprint density at radius 1 is 1.04 bits per heavy atom. The quantitative estimate of drug-likeness (QED) is 0.944. The Kier molecular flexibility index (Phi) is 3.69. The topological polar surface area (TPSA) is 55.4 Å². The fourth-order valence-corrected chi connectivity index (χ4v) is 3.69. The maximum absolute atomic E-state index is 12.6. The highest BCUT2D eigenvalue weighted by Gasteiger charge is 2.53. The number of fused-ring (bicyclic) bond motifs is 2. The van der Waals surface area contributed by atoms with E-state index in [9.17, 15) is 9.59 Å². The Bertz CT molecular complexity index is 786. The number of para-hydroxylation sites is 1. The van der Waals surface area contributed by atoms with Crippen LogP contribution in [0.2, 0.25) is 0 Å². The Hall–Kier alpha value is -2.46. The summed E-state index contributed by atoms with van der Waals surface area (Å²) >= 11 is 0. The number of carbonyl (C=O) groups is 2. The van der Waals surface area contributed by atoms with Gasteiger partial charge in [0.15, 0.2) is 5.60 Å². The van der Waals surface area contributed by atoms with Crippen LogP contribution < -0.4 is 5.32 Å². The highest BCUT2D eigenvalue weighted by atomic mass is 16.5. The van der Waals surface area contributed by atoms with Crippen molar-refractivity contribution < 1.29 is 14.3 Å². The van der Waals surface area contributed by atoms with Gasteiger partial charge in [0.25, 0.3) is 5.91 Å². The molecular weight excluding hydrogens is 302 g/mol. The van der Waals surface area contributed by atoms with Crippen LogP contribution in [-0.2, 0) is 26.3 Å². The molecule has 4 rings (SSSR count). The number of aryl methyl sites for hydroxylation is 1. The van der Waals surface area contributed by atoms with Crippen molar-refractivity contribution in [3.63, 3.8) is 0 Å². The smallest absolute Gasteiger partial charge is 0.261 e. The molecule has 0 bridgehead atoms. The molecule has 2 heterocycles. The van der Waals surface area contributed by atoms with Gasteiger partial charge in [-0.3, -0.25) is 9.59 Å². The number of anilines is 1. The number of hydrogen-bond donors (Lipinski definition) is 1. The van der Waals surface area contributed by atoms with Gasteiger partial charge in [-0.05, 0) is 24.5 Å². The van der Waals surface area contributed by atoms with Gasteiger partial charge in [0.05, 0.1) is 6.10 Å². The van der Waals surface area contributed by atoms with Gasteiger partial charge in [0.1, 0.15) is 5.78 Å². The van der Waals surface area contributed by atoms with Gasteiger partial charge >= 0.3 is 0 Å². The number of ether oxygens (including phenoxy) is 1. The van der Waals surface area contributed by atoms with E-state index in [-0.39, 0.29) is 24.2 Å². The average Bonchev–Trinajstić information content (AvgIpc) is 2.85. The van der Waals surface area contributed by atoms with Crippen LogP contribution in [0.3, 0.4) is 0 Å². The van der Waals surface area contributed by atoms with E-state index in [1.807, 2.05) is 42.5 Å². The molecular formula is C20H19NO3. The van der Waals surface area contributed by atoms with Crippen LogP contribution >= 0.6 is 0 Å². The van der Waals surface area contributed by atoms with Gasteiger partial charge in [-0.2, -0.15) is 0 Å². The molecule has 1 spiro atoms. The molecule has 4 heteroatoms. The van der Waals surface area contributed by atoms with Crippen LogP contribution in [0.4, 0.5) is 5.69 Å². The molecule has 24 heavy (non-hydrogen) atoms. The van der Waals surface area contributed by atoms with Crippen LogP contribution in [-0.4, -0.2) is 17.8 Å². The van der Waals surface area contributed by atoms with Gasteiger partial charge in [-0.1, -0.05) is 48.5 Å². The first kappa shape index (κ1) is 15.1. The minimum Gasteiger partial charge on any atom is -0.356 e. The predicted octanol–water partition coefficient (Wildman–Crippen LogP) is 3.21. The van der Waals surface area contributed by atoms with Crippen molar-refractivity contribution in [3.8, 4) is 0 Å². The van der Waals surface area contributed by atoms with E-state index >= 15 is 0 Å². The zero-order chi connectivity index (χ0) is 16.6. The van der Waals surface area contributed by atoms with Gasteiger partial charge in [0.2, 0.25) is 0 Å². The standard InChI is InChI=1S/C20H19NO3/c22-15-12-16(11-10-14-6-2-1-3-7-14)24-20(13-15)17-8-4-5-9-18(17)21-19(20)23/h1-9,16H,10-13H2,(H,21,23)/t16-,20+/m0/s1. The summed E-state index contributed by atoms with van der Waals surface area (Å²) in [6.07, 6.45) is 1.83. The summed E-state index contributed by atoms with van der Waals surface area (Å²) in [4.78, 5) is 24.9. The van der Waals surface area contributed by atoms with Gasteiger partial charge in [-0.15, -0.1) is 0 Å². The molecule has 2 aromatic rings. The number of nitrogens with one attached hydrogen (secondary N) is 1. The molecule has 122 valence electrons. The molecule has 1 fully saturated rings. The van der Waals surface area contributed by atoms with E-state index in [1.165, 1.54) is 5.56 Å². The van der Waals surface area contributed by atoms with E-state index in [1.54, 1.807) is 0 Å². The third-order valence-corrected chi connectivity index (χ3v) is 4.84. The number of benzene rings is 2. The van der Waals surface area contributed by atoms with Crippen molar-refractivity contribution in [1.82, 2.24) is 0 Å². The fourth-order valence-electron chi connectivity index (χ4n) is 3.69. The number of Topliss-reactive ketones (excluding diaryl/α,β-unsaturated/α-hetero) is 1. The minimum atomic E-state index is -1.15. The van der Waals surface area contributed by atoms with E-state index in [2.05, 4.69) is 17.4 Å². The Morgan fingerprint density at radius 2 is 1.79 bits per heavy atom.